The Balaban J connectivity index is 1.63. The Morgan fingerprint density at radius 1 is 1.32 bits per heavy atom. The van der Waals surface area contributed by atoms with E-state index >= 15 is 0 Å². The van der Waals surface area contributed by atoms with Crippen LogP contribution in [0.25, 0.3) is 11.0 Å². The van der Waals surface area contributed by atoms with Crippen LogP contribution in [-0.4, -0.2) is 50.3 Å². The largest absolute Gasteiger partial charge is 0.423 e. The number of hydrogen-bond acceptors (Lipinski definition) is 6. The molecule has 0 bridgehead atoms. The van der Waals surface area contributed by atoms with E-state index in [0.29, 0.717) is 31.5 Å². The number of benzene rings is 1. The molecule has 0 N–H and O–H groups in total. The molecule has 3 aromatic rings. The van der Waals surface area contributed by atoms with Crippen LogP contribution >= 0.6 is 0 Å². The minimum Gasteiger partial charge on any atom is -0.423 e. The number of nitrogens with zero attached hydrogens (tertiary/aromatic N) is 5. The highest BCUT2D eigenvalue weighted by Crippen LogP contribution is 2.27. The molecule has 1 aliphatic heterocycles. The molecule has 8 nitrogen and oxygen atoms in total. The van der Waals surface area contributed by atoms with Gasteiger partial charge in [0.1, 0.15) is 12.1 Å². The molecule has 0 aliphatic carbocycles. The van der Waals surface area contributed by atoms with Crippen LogP contribution in [0.5, 0.6) is 0 Å². The van der Waals surface area contributed by atoms with Crippen LogP contribution in [0.15, 0.2) is 35.0 Å². The Labute approximate surface area is 144 Å². The summed E-state index contributed by atoms with van der Waals surface area (Å²) in [5.41, 5.74) is 1.80. The van der Waals surface area contributed by atoms with E-state index in [1.54, 1.807) is 18.2 Å². The number of imidazole rings is 1. The molecule has 25 heavy (non-hydrogen) atoms. The summed E-state index contributed by atoms with van der Waals surface area (Å²) < 4.78 is 12.9. The molecule has 1 aromatic carbocycles. The molecule has 8 heteroatoms. The van der Waals surface area contributed by atoms with E-state index in [1.165, 1.54) is 0 Å². The van der Waals surface area contributed by atoms with E-state index < -0.39 is 6.04 Å². The van der Waals surface area contributed by atoms with Gasteiger partial charge in [-0.2, -0.15) is 0 Å². The number of aryl methyl sites for hydroxylation is 1. The van der Waals surface area contributed by atoms with E-state index in [1.807, 2.05) is 35.8 Å². The highest BCUT2D eigenvalue weighted by molar-refractivity contribution is 5.84. The number of amides is 1. The Bertz CT molecular complexity index is 902. The summed E-state index contributed by atoms with van der Waals surface area (Å²) in [6, 6.07) is 7.02. The average Bonchev–Trinajstić information content (AvgIpc) is 3.27. The van der Waals surface area contributed by atoms with Crippen molar-refractivity contribution in [3.8, 4) is 0 Å². The van der Waals surface area contributed by atoms with Gasteiger partial charge >= 0.3 is 0 Å². The first-order valence-electron chi connectivity index (χ1n) is 8.25. The molecular formula is C17H19N5O3. The van der Waals surface area contributed by atoms with Crippen LogP contribution in [0, 0.1) is 6.92 Å². The zero-order chi connectivity index (χ0) is 17.4. The lowest BCUT2D eigenvalue weighted by molar-refractivity contribution is -0.144. The van der Waals surface area contributed by atoms with Crippen molar-refractivity contribution in [2.75, 3.05) is 19.8 Å². The Hall–Kier alpha value is -2.74. The molecule has 1 amide bonds. The third-order valence-corrected chi connectivity index (χ3v) is 4.49. The summed E-state index contributed by atoms with van der Waals surface area (Å²) in [6.07, 6.45) is 1.71. The molecule has 0 spiro atoms. The van der Waals surface area contributed by atoms with Crippen molar-refractivity contribution < 1.29 is 13.9 Å². The maximum atomic E-state index is 13.2. The average molecular weight is 341 g/mol. The normalized spacial score (nSPS) is 19.3. The summed E-state index contributed by atoms with van der Waals surface area (Å²) in [5.74, 6) is 0.863. The predicted molar refractivity (Wildman–Crippen MR) is 88.8 cm³/mol. The van der Waals surface area contributed by atoms with Gasteiger partial charge in [0.25, 0.3) is 0 Å². The lowest BCUT2D eigenvalue weighted by Gasteiger charge is -2.35. The molecule has 3 heterocycles. The third kappa shape index (κ3) is 2.78. The highest BCUT2D eigenvalue weighted by atomic mass is 16.5. The number of aromatic nitrogens is 4. The number of ether oxygens (including phenoxy) is 1. The molecule has 2 atom stereocenters. The van der Waals surface area contributed by atoms with Gasteiger partial charge in [-0.15, -0.1) is 10.2 Å². The van der Waals surface area contributed by atoms with Gasteiger partial charge in [-0.3, -0.25) is 4.79 Å². The van der Waals surface area contributed by atoms with E-state index in [2.05, 4.69) is 15.2 Å². The van der Waals surface area contributed by atoms with Crippen LogP contribution in [0.2, 0.25) is 0 Å². The van der Waals surface area contributed by atoms with Crippen LogP contribution in [0.1, 0.15) is 30.8 Å². The molecule has 130 valence electrons. The predicted octanol–water partition coefficient (Wildman–Crippen LogP) is 1.89. The highest BCUT2D eigenvalue weighted by Gasteiger charge is 2.35. The number of fused-ring (bicyclic) bond motifs is 1. The lowest BCUT2D eigenvalue weighted by atomic mass is 10.1. The standard InChI is InChI=1S/C17H19N5O3/c1-11(22-10-18-13-5-3-4-6-14(13)22)17(23)21-7-8-24-9-15(21)16-20-19-12(2)25-16/h3-6,10-11,15H,7-9H2,1-2H3/t11-,15-/m1/s1. The molecule has 0 saturated carbocycles. The summed E-state index contributed by atoms with van der Waals surface area (Å²) >= 11 is 0. The second-order valence-corrected chi connectivity index (χ2v) is 6.10. The zero-order valence-corrected chi connectivity index (χ0v) is 14.1. The van der Waals surface area contributed by atoms with Gasteiger partial charge in [0.05, 0.1) is 30.6 Å². The number of hydrogen-bond donors (Lipinski definition) is 0. The molecule has 4 rings (SSSR count). The SMILES string of the molecule is Cc1nnc([C@H]2COCCN2C(=O)[C@@H](C)n2cnc3ccccc32)o1. The number of carbonyl (C=O) groups is 1. The van der Waals surface area contributed by atoms with Gasteiger partial charge in [-0.1, -0.05) is 12.1 Å². The number of rotatable bonds is 3. The number of morpholine rings is 1. The monoisotopic (exact) mass is 341 g/mol. The third-order valence-electron chi connectivity index (χ3n) is 4.49. The second kappa shape index (κ2) is 6.29. The maximum absolute atomic E-state index is 13.2. The minimum atomic E-state index is -0.392. The van der Waals surface area contributed by atoms with Gasteiger partial charge in [0.2, 0.25) is 17.7 Å². The topological polar surface area (TPSA) is 86.3 Å². The van der Waals surface area contributed by atoms with Crippen molar-refractivity contribution in [3.05, 3.63) is 42.4 Å². The maximum Gasteiger partial charge on any atom is 0.246 e. The van der Waals surface area contributed by atoms with E-state index in [0.717, 1.165) is 11.0 Å². The van der Waals surface area contributed by atoms with Gasteiger partial charge in [0.15, 0.2) is 0 Å². The summed E-state index contributed by atoms with van der Waals surface area (Å²) in [6.45, 7) is 4.94. The fraction of sp³-hybridized carbons (Fsp3) is 0.412. The fourth-order valence-corrected chi connectivity index (χ4v) is 3.16. The zero-order valence-electron chi connectivity index (χ0n) is 14.1. The summed E-state index contributed by atoms with van der Waals surface area (Å²) in [7, 11) is 0. The van der Waals surface area contributed by atoms with Gasteiger partial charge in [-0.05, 0) is 19.1 Å². The van der Waals surface area contributed by atoms with Gasteiger partial charge in [0, 0.05) is 13.5 Å². The van der Waals surface area contributed by atoms with Crippen LogP contribution in [0.4, 0.5) is 0 Å². The summed E-state index contributed by atoms with van der Waals surface area (Å²) in [5, 5.41) is 7.93. The second-order valence-electron chi connectivity index (χ2n) is 6.10. The smallest absolute Gasteiger partial charge is 0.246 e. The Morgan fingerprint density at radius 3 is 2.96 bits per heavy atom. The van der Waals surface area contributed by atoms with Crippen molar-refractivity contribution in [1.29, 1.82) is 0 Å². The molecule has 2 aromatic heterocycles. The fourth-order valence-electron chi connectivity index (χ4n) is 3.16. The van der Waals surface area contributed by atoms with Gasteiger partial charge in [-0.25, -0.2) is 4.98 Å². The van der Waals surface area contributed by atoms with E-state index in [4.69, 9.17) is 9.15 Å². The van der Waals surface area contributed by atoms with E-state index in [9.17, 15) is 4.79 Å². The van der Waals surface area contributed by atoms with Crippen molar-refractivity contribution in [1.82, 2.24) is 24.6 Å². The first-order valence-corrected chi connectivity index (χ1v) is 8.25. The number of carbonyl (C=O) groups excluding carboxylic acids is 1. The lowest BCUT2D eigenvalue weighted by Crippen LogP contribution is -2.46. The molecule has 1 saturated heterocycles. The first-order chi connectivity index (χ1) is 12.1. The van der Waals surface area contributed by atoms with Crippen LogP contribution in [0.3, 0.4) is 0 Å². The molecule has 0 unspecified atom stereocenters. The molecular weight excluding hydrogens is 322 g/mol. The molecule has 0 radical (unpaired) electrons. The first kappa shape index (κ1) is 15.8. The quantitative estimate of drug-likeness (QED) is 0.723. The number of para-hydroxylation sites is 2. The summed E-state index contributed by atoms with van der Waals surface area (Å²) in [4.78, 5) is 19.3. The van der Waals surface area contributed by atoms with Crippen molar-refractivity contribution in [3.63, 3.8) is 0 Å². The van der Waals surface area contributed by atoms with Crippen molar-refractivity contribution >= 4 is 16.9 Å². The Morgan fingerprint density at radius 2 is 2.16 bits per heavy atom. The molecule has 1 aliphatic rings. The Kier molecular flexibility index (Phi) is 3.96. The van der Waals surface area contributed by atoms with Gasteiger partial charge < -0.3 is 18.6 Å². The van der Waals surface area contributed by atoms with Crippen molar-refractivity contribution in [2.24, 2.45) is 0 Å². The molecule has 1 fully saturated rings. The van der Waals surface area contributed by atoms with Crippen molar-refractivity contribution in [2.45, 2.75) is 25.9 Å². The van der Waals surface area contributed by atoms with E-state index in [-0.39, 0.29) is 11.9 Å². The van der Waals surface area contributed by atoms with Crippen LogP contribution < -0.4 is 0 Å². The minimum absolute atomic E-state index is 0.0210. The van der Waals surface area contributed by atoms with Crippen LogP contribution in [-0.2, 0) is 9.53 Å².